The normalized spacial score (nSPS) is 25.0. The standard InChI is InChI=1S/C15H21N3O2S/c1-2-18-21(19,20)9-8-17-14-10-15(11-14,12-16)13-6-4-3-5-7-13/h3-7,14,17-18H,2,8-11H2,1H3. The smallest absolute Gasteiger partial charge is 0.212 e. The van der Waals surface area contributed by atoms with Gasteiger partial charge in [-0.3, -0.25) is 0 Å². The summed E-state index contributed by atoms with van der Waals surface area (Å²) in [6.07, 6.45) is 1.46. The van der Waals surface area contributed by atoms with Crippen molar-refractivity contribution in [2.75, 3.05) is 18.8 Å². The van der Waals surface area contributed by atoms with Crippen LogP contribution in [0.15, 0.2) is 30.3 Å². The van der Waals surface area contributed by atoms with Crippen LogP contribution < -0.4 is 10.0 Å². The fraction of sp³-hybridized carbons (Fsp3) is 0.533. The Morgan fingerprint density at radius 2 is 2.00 bits per heavy atom. The van der Waals surface area contributed by atoms with Crippen molar-refractivity contribution < 1.29 is 8.42 Å². The number of sulfonamides is 1. The Morgan fingerprint density at radius 3 is 2.57 bits per heavy atom. The molecule has 5 nitrogen and oxygen atoms in total. The molecule has 0 atom stereocenters. The first-order valence-electron chi connectivity index (χ1n) is 7.19. The molecule has 1 aliphatic rings. The molecule has 1 aromatic carbocycles. The van der Waals surface area contributed by atoms with E-state index in [0.29, 0.717) is 13.1 Å². The minimum absolute atomic E-state index is 0.0717. The Balaban J connectivity index is 1.82. The minimum atomic E-state index is -3.18. The highest BCUT2D eigenvalue weighted by Gasteiger charge is 2.45. The van der Waals surface area contributed by atoms with E-state index in [1.165, 1.54) is 0 Å². The average Bonchev–Trinajstić information content (AvgIpc) is 2.42. The molecule has 0 saturated heterocycles. The van der Waals surface area contributed by atoms with Crippen LogP contribution in [0.3, 0.4) is 0 Å². The van der Waals surface area contributed by atoms with Gasteiger partial charge in [0, 0.05) is 19.1 Å². The van der Waals surface area contributed by atoms with E-state index in [2.05, 4.69) is 16.1 Å². The van der Waals surface area contributed by atoms with Crippen LogP contribution in [0, 0.1) is 11.3 Å². The van der Waals surface area contributed by atoms with Crippen LogP contribution in [0.2, 0.25) is 0 Å². The van der Waals surface area contributed by atoms with Crippen molar-refractivity contribution in [3.63, 3.8) is 0 Å². The summed E-state index contributed by atoms with van der Waals surface area (Å²) < 4.78 is 25.5. The Labute approximate surface area is 126 Å². The minimum Gasteiger partial charge on any atom is -0.313 e. The number of nitrogens with zero attached hydrogens (tertiary/aromatic N) is 1. The molecule has 21 heavy (non-hydrogen) atoms. The fourth-order valence-corrected chi connectivity index (χ4v) is 3.73. The Kier molecular flexibility index (Phi) is 4.99. The van der Waals surface area contributed by atoms with E-state index < -0.39 is 15.4 Å². The Bertz CT molecular complexity index is 602. The van der Waals surface area contributed by atoms with Gasteiger partial charge in [0.15, 0.2) is 0 Å². The zero-order valence-corrected chi connectivity index (χ0v) is 13.0. The summed E-state index contributed by atoms with van der Waals surface area (Å²) in [6.45, 7) is 2.59. The molecule has 1 aromatic rings. The van der Waals surface area contributed by atoms with E-state index in [1.54, 1.807) is 6.92 Å². The number of rotatable bonds is 7. The summed E-state index contributed by atoms with van der Waals surface area (Å²) in [5.41, 5.74) is 0.630. The molecule has 0 aliphatic heterocycles. The molecular formula is C15H21N3O2S. The number of nitriles is 1. The summed E-state index contributed by atoms with van der Waals surface area (Å²) in [4.78, 5) is 0. The average molecular weight is 307 g/mol. The van der Waals surface area contributed by atoms with E-state index in [-0.39, 0.29) is 11.8 Å². The predicted octanol–water partition coefficient (Wildman–Crippen LogP) is 1.14. The number of hydrogen-bond acceptors (Lipinski definition) is 4. The van der Waals surface area contributed by atoms with Gasteiger partial charge >= 0.3 is 0 Å². The summed E-state index contributed by atoms with van der Waals surface area (Å²) in [5.74, 6) is 0.0717. The lowest BCUT2D eigenvalue weighted by molar-refractivity contribution is 0.230. The van der Waals surface area contributed by atoms with Crippen molar-refractivity contribution in [1.29, 1.82) is 5.26 Å². The maximum atomic E-state index is 11.5. The van der Waals surface area contributed by atoms with Crippen molar-refractivity contribution in [3.05, 3.63) is 35.9 Å². The topological polar surface area (TPSA) is 82.0 Å². The van der Waals surface area contributed by atoms with Crippen molar-refractivity contribution in [1.82, 2.24) is 10.0 Å². The van der Waals surface area contributed by atoms with Crippen molar-refractivity contribution in [2.24, 2.45) is 0 Å². The summed E-state index contributed by atoms with van der Waals surface area (Å²) >= 11 is 0. The highest BCUT2D eigenvalue weighted by Crippen LogP contribution is 2.43. The largest absolute Gasteiger partial charge is 0.313 e. The summed E-state index contributed by atoms with van der Waals surface area (Å²) in [6, 6.07) is 12.4. The first kappa shape index (κ1) is 16.0. The van der Waals surface area contributed by atoms with Gasteiger partial charge in [0.05, 0.1) is 17.2 Å². The highest BCUT2D eigenvalue weighted by atomic mass is 32.2. The number of benzene rings is 1. The van der Waals surface area contributed by atoms with Crippen LogP contribution in [-0.2, 0) is 15.4 Å². The van der Waals surface area contributed by atoms with Gasteiger partial charge in [-0.1, -0.05) is 37.3 Å². The molecule has 1 saturated carbocycles. The zero-order chi connectivity index (χ0) is 15.3. The lowest BCUT2D eigenvalue weighted by atomic mass is 9.62. The molecule has 0 radical (unpaired) electrons. The van der Waals surface area contributed by atoms with Crippen molar-refractivity contribution in [3.8, 4) is 6.07 Å². The fourth-order valence-electron chi connectivity index (χ4n) is 2.76. The molecule has 6 heteroatoms. The second kappa shape index (κ2) is 6.56. The SMILES string of the molecule is CCNS(=O)(=O)CCNC1CC(C#N)(c2ccccc2)C1. The van der Waals surface area contributed by atoms with Crippen LogP contribution in [0.4, 0.5) is 0 Å². The van der Waals surface area contributed by atoms with E-state index in [1.807, 2.05) is 30.3 Å². The second-order valence-corrected chi connectivity index (χ2v) is 7.36. The van der Waals surface area contributed by atoms with E-state index in [9.17, 15) is 13.7 Å². The predicted molar refractivity (Wildman–Crippen MR) is 82.2 cm³/mol. The quantitative estimate of drug-likeness (QED) is 0.791. The summed E-state index contributed by atoms with van der Waals surface area (Å²) in [7, 11) is -3.18. The molecule has 2 rings (SSSR count). The third kappa shape index (κ3) is 3.82. The molecule has 1 aliphatic carbocycles. The molecule has 0 aromatic heterocycles. The highest BCUT2D eigenvalue weighted by molar-refractivity contribution is 7.89. The second-order valence-electron chi connectivity index (χ2n) is 5.44. The molecule has 0 amide bonds. The maximum Gasteiger partial charge on any atom is 0.212 e. The first-order valence-corrected chi connectivity index (χ1v) is 8.84. The number of nitrogens with one attached hydrogen (secondary N) is 2. The molecule has 0 unspecified atom stereocenters. The van der Waals surface area contributed by atoms with E-state index in [0.717, 1.165) is 18.4 Å². The van der Waals surface area contributed by atoms with E-state index >= 15 is 0 Å². The van der Waals surface area contributed by atoms with Gasteiger partial charge < -0.3 is 5.32 Å². The summed E-state index contributed by atoms with van der Waals surface area (Å²) in [5, 5.41) is 12.7. The van der Waals surface area contributed by atoms with Crippen molar-refractivity contribution in [2.45, 2.75) is 31.2 Å². The lowest BCUT2D eigenvalue weighted by Gasteiger charge is -2.43. The third-order valence-electron chi connectivity index (χ3n) is 3.90. The van der Waals surface area contributed by atoms with Crippen LogP contribution in [0.25, 0.3) is 0 Å². The molecule has 0 spiro atoms. The molecule has 0 bridgehead atoms. The van der Waals surface area contributed by atoms with Gasteiger partial charge in [0.1, 0.15) is 0 Å². The third-order valence-corrected chi connectivity index (χ3v) is 5.37. The monoisotopic (exact) mass is 307 g/mol. The maximum absolute atomic E-state index is 11.5. The van der Waals surface area contributed by atoms with Crippen molar-refractivity contribution >= 4 is 10.0 Å². The zero-order valence-electron chi connectivity index (χ0n) is 12.2. The molecule has 0 heterocycles. The molecule has 2 N–H and O–H groups in total. The van der Waals surface area contributed by atoms with Crippen LogP contribution in [-0.4, -0.2) is 33.3 Å². The first-order chi connectivity index (χ1) is 10.0. The van der Waals surface area contributed by atoms with Crippen LogP contribution >= 0.6 is 0 Å². The lowest BCUT2D eigenvalue weighted by Crippen LogP contribution is -2.52. The van der Waals surface area contributed by atoms with Gasteiger partial charge in [-0.25, -0.2) is 13.1 Å². The van der Waals surface area contributed by atoms with Gasteiger partial charge in [0.25, 0.3) is 0 Å². The van der Waals surface area contributed by atoms with Crippen LogP contribution in [0.1, 0.15) is 25.3 Å². The van der Waals surface area contributed by atoms with Gasteiger partial charge in [-0.05, 0) is 18.4 Å². The molecule has 1 fully saturated rings. The Hall–Kier alpha value is -1.42. The van der Waals surface area contributed by atoms with Gasteiger partial charge in [-0.2, -0.15) is 5.26 Å². The molecular weight excluding hydrogens is 286 g/mol. The Morgan fingerprint density at radius 1 is 1.33 bits per heavy atom. The van der Waals surface area contributed by atoms with Gasteiger partial charge in [-0.15, -0.1) is 0 Å². The van der Waals surface area contributed by atoms with E-state index in [4.69, 9.17) is 0 Å². The van der Waals surface area contributed by atoms with Gasteiger partial charge in [0.2, 0.25) is 10.0 Å². The van der Waals surface area contributed by atoms with Crippen LogP contribution in [0.5, 0.6) is 0 Å². The molecule has 114 valence electrons. The number of hydrogen-bond donors (Lipinski definition) is 2.